The Hall–Kier alpha value is 0.840. The molecular formula is C16H34CaN4O8S2. The van der Waals surface area contributed by atoms with Crippen molar-refractivity contribution in [1.82, 2.24) is 19.6 Å². The van der Waals surface area contributed by atoms with Crippen molar-refractivity contribution >= 4 is 58.0 Å². The van der Waals surface area contributed by atoms with Gasteiger partial charge in [0.1, 0.15) is 0 Å². The van der Waals surface area contributed by atoms with Crippen molar-refractivity contribution in [1.29, 1.82) is 0 Å². The van der Waals surface area contributed by atoms with Crippen molar-refractivity contribution in [2.75, 3.05) is 103 Å². The van der Waals surface area contributed by atoms with Crippen LogP contribution in [0.4, 0.5) is 0 Å². The molecule has 0 bridgehead atoms. The van der Waals surface area contributed by atoms with E-state index in [1.807, 2.05) is 9.80 Å². The average molecular weight is 515 g/mol. The molecule has 2 heterocycles. The van der Waals surface area contributed by atoms with Gasteiger partial charge in [0.15, 0.2) is 0 Å². The van der Waals surface area contributed by atoms with Crippen LogP contribution < -0.4 is 0 Å². The second-order valence-electron chi connectivity index (χ2n) is 7.34. The van der Waals surface area contributed by atoms with Crippen LogP contribution >= 0.6 is 0 Å². The summed E-state index contributed by atoms with van der Waals surface area (Å²) in [5, 5.41) is 17.4. The molecule has 0 aromatic carbocycles. The Kier molecular flexibility index (Phi) is 16.9. The molecule has 0 unspecified atom stereocenters. The fourth-order valence-corrected chi connectivity index (χ4v) is 4.20. The van der Waals surface area contributed by atoms with Crippen LogP contribution in [0.25, 0.3) is 0 Å². The first kappa shape index (κ1) is 31.8. The summed E-state index contributed by atoms with van der Waals surface area (Å²) in [6.07, 6.45) is 0. The van der Waals surface area contributed by atoms with Crippen molar-refractivity contribution in [3.63, 3.8) is 0 Å². The SMILES string of the molecule is O=S(=O)([O-])CCN1CCN(CCO)CC1.O=S(=O)([O-])CCN1CCN(CCO)CC1.[Ca+2]. The van der Waals surface area contributed by atoms with Gasteiger partial charge in [0.2, 0.25) is 0 Å². The largest absolute Gasteiger partial charge is 2.00 e. The number of hydrogen-bond donors (Lipinski definition) is 2. The second-order valence-corrected chi connectivity index (χ2v) is 10.4. The molecule has 2 rings (SSSR count). The van der Waals surface area contributed by atoms with E-state index in [1.165, 1.54) is 0 Å². The molecule has 2 aliphatic rings. The van der Waals surface area contributed by atoms with Crippen molar-refractivity contribution in [3.05, 3.63) is 0 Å². The van der Waals surface area contributed by atoms with E-state index >= 15 is 0 Å². The normalized spacial score (nSPS) is 20.0. The van der Waals surface area contributed by atoms with E-state index < -0.39 is 20.2 Å². The first-order valence-electron chi connectivity index (χ1n) is 10.0. The van der Waals surface area contributed by atoms with Gasteiger partial charge in [-0.05, 0) is 0 Å². The summed E-state index contributed by atoms with van der Waals surface area (Å²) in [7, 11) is -8.19. The second kappa shape index (κ2) is 16.5. The van der Waals surface area contributed by atoms with E-state index in [1.54, 1.807) is 0 Å². The Labute approximate surface area is 215 Å². The van der Waals surface area contributed by atoms with Crippen molar-refractivity contribution < 1.29 is 36.2 Å². The predicted molar refractivity (Wildman–Crippen MR) is 115 cm³/mol. The summed E-state index contributed by atoms with van der Waals surface area (Å²) in [6, 6.07) is 0. The van der Waals surface area contributed by atoms with Crippen LogP contribution in [0.5, 0.6) is 0 Å². The van der Waals surface area contributed by atoms with Gasteiger partial charge < -0.3 is 19.3 Å². The molecule has 0 atom stereocenters. The Morgan fingerprint density at radius 2 is 0.774 bits per heavy atom. The number of nitrogens with zero attached hydrogens (tertiary/aromatic N) is 4. The van der Waals surface area contributed by atoms with Crippen LogP contribution in [0.1, 0.15) is 0 Å². The molecule has 0 amide bonds. The van der Waals surface area contributed by atoms with Gasteiger partial charge in [0.25, 0.3) is 0 Å². The summed E-state index contributed by atoms with van der Waals surface area (Å²) < 4.78 is 62.5. The zero-order valence-corrected chi connectivity index (χ0v) is 21.8. The van der Waals surface area contributed by atoms with E-state index in [0.717, 1.165) is 52.4 Å². The Bertz CT molecular complexity index is 609. The van der Waals surface area contributed by atoms with Gasteiger partial charge in [-0.15, -0.1) is 0 Å². The molecule has 12 nitrogen and oxygen atoms in total. The van der Waals surface area contributed by atoms with Crippen LogP contribution in [0.2, 0.25) is 0 Å². The van der Waals surface area contributed by atoms with Gasteiger partial charge in [0, 0.05) is 78.5 Å². The van der Waals surface area contributed by atoms with Gasteiger partial charge in [-0.3, -0.25) is 19.6 Å². The van der Waals surface area contributed by atoms with Crippen LogP contribution in [-0.4, -0.2) is 197 Å². The summed E-state index contributed by atoms with van der Waals surface area (Å²) in [6.45, 7) is 8.57. The summed E-state index contributed by atoms with van der Waals surface area (Å²) in [5.74, 6) is -0.625. The maximum atomic E-state index is 10.4. The molecule has 0 spiro atoms. The first-order valence-corrected chi connectivity index (χ1v) is 13.2. The zero-order chi connectivity index (χ0) is 22.6. The summed E-state index contributed by atoms with van der Waals surface area (Å²) in [5.41, 5.74) is 0. The van der Waals surface area contributed by atoms with Crippen molar-refractivity contribution in [2.24, 2.45) is 0 Å². The van der Waals surface area contributed by atoms with Gasteiger partial charge in [-0.1, -0.05) is 0 Å². The maximum absolute atomic E-state index is 10.4. The van der Waals surface area contributed by atoms with Gasteiger partial charge in [-0.2, -0.15) is 0 Å². The minimum absolute atomic E-state index is 0. The van der Waals surface area contributed by atoms with E-state index in [4.69, 9.17) is 10.2 Å². The molecule has 2 aliphatic heterocycles. The maximum Gasteiger partial charge on any atom is 2.00 e. The van der Waals surface area contributed by atoms with Gasteiger partial charge in [-0.25, -0.2) is 16.8 Å². The predicted octanol–water partition coefficient (Wildman–Crippen LogP) is -4.10. The summed E-state index contributed by atoms with van der Waals surface area (Å²) >= 11 is 0. The first-order chi connectivity index (χ1) is 14.0. The Morgan fingerprint density at radius 3 is 0.968 bits per heavy atom. The third-order valence-electron chi connectivity index (χ3n) is 5.08. The molecule has 2 saturated heterocycles. The van der Waals surface area contributed by atoms with Gasteiger partial charge in [0.05, 0.1) is 45.0 Å². The molecule has 180 valence electrons. The fraction of sp³-hybridized carbons (Fsp3) is 1.00. The average Bonchev–Trinajstić information content (AvgIpc) is 2.67. The molecule has 0 aromatic heterocycles. The molecular weight excluding hydrogens is 480 g/mol. The van der Waals surface area contributed by atoms with E-state index in [2.05, 4.69) is 9.80 Å². The molecule has 0 aliphatic carbocycles. The third kappa shape index (κ3) is 17.0. The minimum Gasteiger partial charge on any atom is -0.748 e. The molecule has 31 heavy (non-hydrogen) atoms. The number of aliphatic hydroxyl groups is 2. The fourth-order valence-electron chi connectivity index (χ4n) is 3.24. The monoisotopic (exact) mass is 514 g/mol. The van der Waals surface area contributed by atoms with Gasteiger partial charge >= 0.3 is 37.7 Å². The minimum atomic E-state index is -4.09. The molecule has 0 radical (unpaired) electrons. The Morgan fingerprint density at radius 1 is 0.548 bits per heavy atom. The number of rotatable bonds is 10. The number of β-amino-alcohol motifs (C(OH)–C–C–N with tert-alkyl or cyclic N) is 2. The molecule has 2 N–H and O–H groups in total. The van der Waals surface area contributed by atoms with Crippen LogP contribution in [0.3, 0.4) is 0 Å². The molecule has 15 heteroatoms. The quantitative estimate of drug-likeness (QED) is 0.214. The van der Waals surface area contributed by atoms with Crippen LogP contribution in [0, 0.1) is 0 Å². The van der Waals surface area contributed by atoms with Crippen molar-refractivity contribution in [2.45, 2.75) is 0 Å². The molecule has 2 fully saturated rings. The van der Waals surface area contributed by atoms with E-state index in [9.17, 15) is 25.9 Å². The number of hydrogen-bond acceptors (Lipinski definition) is 12. The summed E-state index contributed by atoms with van der Waals surface area (Å²) in [4.78, 5) is 8.15. The van der Waals surface area contributed by atoms with E-state index in [-0.39, 0.29) is 62.5 Å². The smallest absolute Gasteiger partial charge is 0.748 e. The van der Waals surface area contributed by atoms with Crippen LogP contribution in [-0.2, 0) is 20.2 Å². The number of piperazine rings is 2. The third-order valence-corrected chi connectivity index (χ3v) is 6.44. The number of aliphatic hydroxyl groups excluding tert-OH is 2. The Balaban J connectivity index is 0.000000562. The van der Waals surface area contributed by atoms with Crippen molar-refractivity contribution in [3.8, 4) is 0 Å². The molecule has 0 aromatic rings. The molecule has 0 saturated carbocycles. The zero-order valence-electron chi connectivity index (χ0n) is 18.0. The van der Waals surface area contributed by atoms with Crippen LogP contribution in [0.15, 0.2) is 0 Å². The van der Waals surface area contributed by atoms with E-state index in [0.29, 0.717) is 26.2 Å². The standard InChI is InChI=1S/2C8H18N2O4S.Ca/c2*11-7-5-9-1-3-10(4-2-9)6-8-15(12,13)14;/h2*11H,1-8H2,(H,12,13,14);/q;;+2/p-2. The topological polar surface area (TPSA) is 168 Å².